The Balaban J connectivity index is 2.94. The van der Waals surface area contributed by atoms with E-state index in [1.807, 2.05) is 21.1 Å². The molecule has 1 N–H and O–H groups in total. The zero-order chi connectivity index (χ0) is 17.6. The van der Waals surface area contributed by atoms with Gasteiger partial charge < -0.3 is 19.1 Å². The minimum absolute atomic E-state index is 0.0829. The number of rotatable bonds is 7. The van der Waals surface area contributed by atoms with Gasteiger partial charge in [0.15, 0.2) is 6.10 Å². The lowest BCUT2D eigenvalue weighted by molar-refractivity contribution is -0.873. The molecule has 0 radical (unpaired) electrons. The third-order valence-corrected chi connectivity index (χ3v) is 2.79. The Morgan fingerprint density at radius 3 is 2.30 bits per heavy atom. The Morgan fingerprint density at radius 2 is 1.78 bits per heavy atom. The van der Waals surface area contributed by atoms with Crippen LogP contribution in [0.4, 0.5) is 0 Å². The maximum absolute atomic E-state index is 12.3. The zero-order valence-corrected chi connectivity index (χ0v) is 13.7. The van der Waals surface area contributed by atoms with Gasteiger partial charge in [0.2, 0.25) is 0 Å². The number of quaternary nitrogens is 1. The maximum atomic E-state index is 12.3. The number of esters is 2. The van der Waals surface area contributed by atoms with Crippen molar-refractivity contribution in [3.05, 3.63) is 29.8 Å². The SMILES string of the molecule is CC(=O)Oc1ccccc1C(=O)O[C@@H](CC(=O)O)C[N+](C)(C)C. The van der Waals surface area contributed by atoms with Crippen molar-refractivity contribution in [1.82, 2.24) is 0 Å². The van der Waals surface area contributed by atoms with Gasteiger partial charge in [-0.25, -0.2) is 4.79 Å². The van der Waals surface area contributed by atoms with E-state index in [1.54, 1.807) is 12.1 Å². The molecule has 0 spiro atoms. The van der Waals surface area contributed by atoms with Crippen LogP contribution in [0.15, 0.2) is 24.3 Å². The fourth-order valence-electron chi connectivity index (χ4n) is 2.04. The predicted molar refractivity (Wildman–Crippen MR) is 82.1 cm³/mol. The van der Waals surface area contributed by atoms with Gasteiger partial charge in [-0.1, -0.05) is 12.1 Å². The molecule has 0 aliphatic rings. The van der Waals surface area contributed by atoms with Crippen LogP contribution in [-0.4, -0.2) is 61.3 Å². The molecule has 126 valence electrons. The smallest absolute Gasteiger partial charge is 0.342 e. The number of hydrogen-bond acceptors (Lipinski definition) is 5. The molecular weight excluding hydrogens is 302 g/mol. The second-order valence-electron chi connectivity index (χ2n) is 6.19. The average molecular weight is 324 g/mol. The van der Waals surface area contributed by atoms with E-state index >= 15 is 0 Å². The first kappa shape index (κ1) is 18.6. The van der Waals surface area contributed by atoms with Crippen molar-refractivity contribution in [2.75, 3.05) is 27.7 Å². The van der Waals surface area contributed by atoms with Crippen LogP contribution < -0.4 is 4.74 Å². The van der Waals surface area contributed by atoms with Crippen molar-refractivity contribution in [1.29, 1.82) is 0 Å². The largest absolute Gasteiger partial charge is 0.481 e. The molecule has 23 heavy (non-hydrogen) atoms. The summed E-state index contributed by atoms with van der Waals surface area (Å²) < 4.78 is 10.7. The summed E-state index contributed by atoms with van der Waals surface area (Å²) in [6.45, 7) is 1.57. The van der Waals surface area contributed by atoms with Gasteiger partial charge in [0, 0.05) is 6.92 Å². The Kier molecular flexibility index (Phi) is 6.27. The van der Waals surface area contributed by atoms with Gasteiger partial charge in [0.1, 0.15) is 17.9 Å². The lowest BCUT2D eigenvalue weighted by Gasteiger charge is -2.28. The van der Waals surface area contributed by atoms with E-state index in [1.165, 1.54) is 19.1 Å². The predicted octanol–water partition coefficient (Wildman–Crippen LogP) is 1.32. The highest BCUT2D eigenvalue weighted by atomic mass is 16.6. The molecule has 0 fully saturated rings. The standard InChI is InChI=1S/C16H21NO6/c1-11(18)22-14-8-6-5-7-13(14)16(21)23-12(9-15(19)20)10-17(2,3)4/h5-8,12H,9-10H2,1-4H3/p+1/t12-/m0/s1. The topological polar surface area (TPSA) is 89.9 Å². The Morgan fingerprint density at radius 1 is 1.17 bits per heavy atom. The van der Waals surface area contributed by atoms with Crippen molar-refractivity contribution in [2.24, 2.45) is 0 Å². The van der Waals surface area contributed by atoms with Crippen LogP contribution in [0.1, 0.15) is 23.7 Å². The van der Waals surface area contributed by atoms with Gasteiger partial charge in [0.05, 0.1) is 27.6 Å². The van der Waals surface area contributed by atoms with E-state index < -0.39 is 24.0 Å². The summed E-state index contributed by atoms with van der Waals surface area (Å²) in [5.74, 6) is -2.24. The summed E-state index contributed by atoms with van der Waals surface area (Å²) >= 11 is 0. The second-order valence-corrected chi connectivity index (χ2v) is 6.19. The minimum Gasteiger partial charge on any atom is -0.481 e. The summed E-state index contributed by atoms with van der Waals surface area (Å²) in [7, 11) is 5.61. The van der Waals surface area contributed by atoms with E-state index in [2.05, 4.69) is 0 Å². The first-order chi connectivity index (χ1) is 10.6. The fourth-order valence-corrected chi connectivity index (χ4v) is 2.04. The minimum atomic E-state index is -1.05. The maximum Gasteiger partial charge on any atom is 0.342 e. The summed E-state index contributed by atoms with van der Waals surface area (Å²) in [5.41, 5.74) is 0.0829. The third kappa shape index (κ3) is 6.92. The number of carboxylic acid groups (broad SMARTS) is 1. The van der Waals surface area contributed by atoms with E-state index in [0.29, 0.717) is 11.0 Å². The Hall–Kier alpha value is -2.41. The fraction of sp³-hybridized carbons (Fsp3) is 0.438. The van der Waals surface area contributed by atoms with Gasteiger partial charge in [-0.3, -0.25) is 9.59 Å². The molecule has 0 saturated carbocycles. The molecule has 0 aliphatic heterocycles. The van der Waals surface area contributed by atoms with E-state index in [9.17, 15) is 14.4 Å². The lowest BCUT2D eigenvalue weighted by atomic mass is 10.2. The molecule has 0 amide bonds. The number of carboxylic acids is 1. The summed E-state index contributed by atoms with van der Waals surface area (Å²) in [4.78, 5) is 34.4. The number of para-hydroxylation sites is 1. The van der Waals surface area contributed by atoms with Crippen molar-refractivity contribution >= 4 is 17.9 Å². The van der Waals surface area contributed by atoms with Crippen LogP contribution in [0.5, 0.6) is 5.75 Å². The van der Waals surface area contributed by atoms with Gasteiger partial charge in [-0.05, 0) is 12.1 Å². The second kappa shape index (κ2) is 7.73. The summed E-state index contributed by atoms with van der Waals surface area (Å²) in [6, 6.07) is 6.17. The molecule has 1 rings (SSSR count). The zero-order valence-electron chi connectivity index (χ0n) is 13.7. The van der Waals surface area contributed by atoms with Crippen LogP contribution >= 0.6 is 0 Å². The van der Waals surface area contributed by atoms with E-state index in [-0.39, 0.29) is 17.7 Å². The van der Waals surface area contributed by atoms with Gasteiger partial charge >= 0.3 is 17.9 Å². The molecule has 0 saturated heterocycles. The van der Waals surface area contributed by atoms with Crippen LogP contribution in [0, 0.1) is 0 Å². The molecule has 1 atom stereocenters. The average Bonchev–Trinajstić information content (AvgIpc) is 2.35. The van der Waals surface area contributed by atoms with E-state index in [0.717, 1.165) is 0 Å². The first-order valence-corrected chi connectivity index (χ1v) is 7.09. The molecule has 0 unspecified atom stereocenters. The van der Waals surface area contributed by atoms with Gasteiger partial charge in [0.25, 0.3) is 0 Å². The quantitative estimate of drug-likeness (QED) is 0.462. The van der Waals surface area contributed by atoms with Crippen molar-refractivity contribution in [3.63, 3.8) is 0 Å². The molecule has 1 aromatic carbocycles. The molecule has 7 heteroatoms. The number of aliphatic carboxylic acids is 1. The molecule has 0 bridgehead atoms. The van der Waals surface area contributed by atoms with Crippen LogP contribution in [0.2, 0.25) is 0 Å². The molecule has 7 nitrogen and oxygen atoms in total. The molecule has 0 heterocycles. The number of likely N-dealkylation sites (N-methyl/N-ethyl adjacent to an activating group) is 1. The number of ether oxygens (including phenoxy) is 2. The molecule has 0 aliphatic carbocycles. The highest BCUT2D eigenvalue weighted by Gasteiger charge is 2.26. The number of nitrogens with zero attached hydrogens (tertiary/aromatic N) is 1. The third-order valence-electron chi connectivity index (χ3n) is 2.79. The molecule has 1 aromatic rings. The first-order valence-electron chi connectivity index (χ1n) is 7.09. The van der Waals surface area contributed by atoms with Crippen molar-refractivity contribution < 1.29 is 33.4 Å². The number of carbonyl (C=O) groups excluding carboxylic acids is 2. The van der Waals surface area contributed by atoms with Gasteiger partial charge in [-0.15, -0.1) is 0 Å². The Bertz CT molecular complexity index is 590. The van der Waals surface area contributed by atoms with E-state index in [4.69, 9.17) is 14.6 Å². The monoisotopic (exact) mass is 324 g/mol. The van der Waals surface area contributed by atoms with Crippen LogP contribution in [0.3, 0.4) is 0 Å². The van der Waals surface area contributed by atoms with Crippen LogP contribution in [-0.2, 0) is 14.3 Å². The number of benzene rings is 1. The van der Waals surface area contributed by atoms with Crippen molar-refractivity contribution in [2.45, 2.75) is 19.4 Å². The summed E-state index contributed by atoms with van der Waals surface area (Å²) in [5, 5.41) is 8.97. The lowest BCUT2D eigenvalue weighted by Crippen LogP contribution is -2.43. The molecule has 0 aromatic heterocycles. The Labute approximate surface area is 135 Å². The number of hydrogen-bond donors (Lipinski definition) is 1. The van der Waals surface area contributed by atoms with Crippen LogP contribution in [0.25, 0.3) is 0 Å². The summed E-state index contributed by atoms with van der Waals surface area (Å²) in [6.07, 6.45) is -1.08. The van der Waals surface area contributed by atoms with Crippen molar-refractivity contribution in [3.8, 4) is 5.75 Å². The highest BCUT2D eigenvalue weighted by Crippen LogP contribution is 2.20. The highest BCUT2D eigenvalue weighted by molar-refractivity contribution is 5.93. The number of carbonyl (C=O) groups is 3. The molecular formula is C16H22NO6+. The van der Waals surface area contributed by atoms with Gasteiger partial charge in [-0.2, -0.15) is 0 Å². The normalized spacial score (nSPS) is 12.3.